The summed E-state index contributed by atoms with van der Waals surface area (Å²) in [5, 5.41) is 10.8. The van der Waals surface area contributed by atoms with Crippen LogP contribution in [0.4, 0.5) is 10.5 Å². The molecule has 22 heavy (non-hydrogen) atoms. The molecule has 0 unspecified atom stereocenters. The van der Waals surface area contributed by atoms with Crippen LogP contribution >= 0.6 is 0 Å². The minimum absolute atomic E-state index is 0.498. The molecular weight excluding hydrogens is 282 g/mol. The van der Waals surface area contributed by atoms with Crippen molar-refractivity contribution >= 4 is 11.8 Å². The highest BCUT2D eigenvalue weighted by molar-refractivity contribution is 5.85. The van der Waals surface area contributed by atoms with E-state index in [1.807, 2.05) is 40.8 Å². The minimum atomic E-state index is -0.538. The molecule has 0 saturated heterocycles. The number of nitrogens with one attached hydrogen (secondary N) is 1. The monoisotopic (exact) mass is 303 g/mol. The van der Waals surface area contributed by atoms with Crippen LogP contribution in [0.1, 0.15) is 33.4 Å². The number of carbonyl (C=O) groups is 1. The van der Waals surface area contributed by atoms with Gasteiger partial charge in [-0.25, -0.2) is 9.78 Å². The molecule has 0 spiro atoms. The molecule has 1 amide bonds. The highest BCUT2D eigenvalue weighted by atomic mass is 16.6. The lowest BCUT2D eigenvalue weighted by atomic mass is 10.2. The van der Waals surface area contributed by atoms with Gasteiger partial charge in [-0.1, -0.05) is 5.21 Å². The van der Waals surface area contributed by atoms with Gasteiger partial charge in [0.25, 0.3) is 0 Å². The second-order valence-electron chi connectivity index (χ2n) is 5.92. The number of aromatic nitrogens is 4. The second kappa shape index (κ2) is 6.13. The summed E-state index contributed by atoms with van der Waals surface area (Å²) in [4.78, 5) is 16.2. The predicted octanol–water partition coefficient (Wildman–Crippen LogP) is 3.02. The third kappa shape index (κ3) is 4.03. The van der Waals surface area contributed by atoms with Gasteiger partial charge in [0.1, 0.15) is 11.3 Å². The lowest BCUT2D eigenvalue weighted by molar-refractivity contribution is 0.0635. The third-order valence-electron chi connectivity index (χ3n) is 2.85. The molecule has 2 heterocycles. The molecule has 2 rings (SSSR count). The maximum atomic E-state index is 11.8. The van der Waals surface area contributed by atoms with Crippen LogP contribution in [0, 0.1) is 6.92 Å². The average molecular weight is 303 g/mol. The van der Waals surface area contributed by atoms with Crippen molar-refractivity contribution in [3.05, 3.63) is 24.0 Å². The van der Waals surface area contributed by atoms with Gasteiger partial charge in [-0.3, -0.25) is 10.00 Å². The van der Waals surface area contributed by atoms with Gasteiger partial charge >= 0.3 is 6.09 Å². The van der Waals surface area contributed by atoms with Crippen LogP contribution in [0.15, 0.2) is 18.3 Å². The first kappa shape index (κ1) is 15.9. The van der Waals surface area contributed by atoms with Gasteiger partial charge in [0.05, 0.1) is 23.3 Å². The molecule has 0 saturated carbocycles. The van der Waals surface area contributed by atoms with Crippen molar-refractivity contribution in [1.29, 1.82) is 0 Å². The standard InChI is InChI=1S/C15H21N5O2/c1-6-20-9-13(18-19-20)12-8-7-11(10(2)16-12)17-14(21)22-15(3,4)5/h7-9H,6H2,1-5H3,(H,17,21). The maximum absolute atomic E-state index is 11.8. The van der Waals surface area contributed by atoms with Crippen molar-refractivity contribution in [1.82, 2.24) is 20.0 Å². The molecule has 0 aliphatic heterocycles. The summed E-state index contributed by atoms with van der Waals surface area (Å²) < 4.78 is 6.96. The number of rotatable bonds is 3. The van der Waals surface area contributed by atoms with Crippen LogP contribution in [0.5, 0.6) is 0 Å². The maximum Gasteiger partial charge on any atom is 0.412 e. The van der Waals surface area contributed by atoms with E-state index in [2.05, 4.69) is 20.6 Å². The fourth-order valence-electron chi connectivity index (χ4n) is 1.82. The van der Waals surface area contributed by atoms with Crippen molar-refractivity contribution in [2.45, 2.75) is 46.8 Å². The largest absolute Gasteiger partial charge is 0.444 e. The molecule has 0 aliphatic rings. The molecule has 2 aromatic heterocycles. The molecule has 0 bridgehead atoms. The Morgan fingerprint density at radius 1 is 1.32 bits per heavy atom. The summed E-state index contributed by atoms with van der Waals surface area (Å²) in [6, 6.07) is 3.58. The van der Waals surface area contributed by atoms with Crippen LogP contribution < -0.4 is 5.32 Å². The number of hydrogen-bond acceptors (Lipinski definition) is 5. The normalized spacial score (nSPS) is 11.3. The zero-order valence-electron chi connectivity index (χ0n) is 13.5. The molecule has 7 heteroatoms. The van der Waals surface area contributed by atoms with Crippen LogP contribution in [0.2, 0.25) is 0 Å². The third-order valence-corrected chi connectivity index (χ3v) is 2.85. The quantitative estimate of drug-likeness (QED) is 0.942. The van der Waals surface area contributed by atoms with Crippen LogP contribution in [-0.2, 0) is 11.3 Å². The summed E-state index contributed by atoms with van der Waals surface area (Å²) in [6.07, 6.45) is 1.34. The Morgan fingerprint density at radius 2 is 2.05 bits per heavy atom. The number of anilines is 1. The Morgan fingerprint density at radius 3 is 2.59 bits per heavy atom. The van der Waals surface area contributed by atoms with E-state index in [1.54, 1.807) is 16.8 Å². The fourth-order valence-corrected chi connectivity index (χ4v) is 1.82. The topological polar surface area (TPSA) is 81.9 Å². The molecule has 0 aliphatic carbocycles. The van der Waals surface area contributed by atoms with Crippen molar-refractivity contribution in [2.24, 2.45) is 0 Å². The van der Waals surface area contributed by atoms with Crippen molar-refractivity contribution in [2.75, 3.05) is 5.32 Å². The van der Waals surface area contributed by atoms with E-state index >= 15 is 0 Å². The van der Waals surface area contributed by atoms with E-state index in [1.165, 1.54) is 0 Å². The molecular formula is C15H21N5O2. The van der Waals surface area contributed by atoms with Gasteiger partial charge in [-0.15, -0.1) is 5.10 Å². The number of nitrogens with zero attached hydrogens (tertiary/aromatic N) is 4. The van der Waals surface area contributed by atoms with Gasteiger partial charge < -0.3 is 4.74 Å². The Balaban J connectivity index is 2.14. The lowest BCUT2D eigenvalue weighted by Crippen LogP contribution is -2.27. The summed E-state index contributed by atoms with van der Waals surface area (Å²) in [5.41, 5.74) is 2.18. The first-order valence-electron chi connectivity index (χ1n) is 7.16. The first-order chi connectivity index (χ1) is 10.3. The van der Waals surface area contributed by atoms with E-state index in [0.717, 1.165) is 6.54 Å². The van der Waals surface area contributed by atoms with Gasteiger partial charge in [0, 0.05) is 6.54 Å². The molecule has 118 valence electrons. The molecule has 0 aromatic carbocycles. The SMILES string of the molecule is CCn1cc(-c2ccc(NC(=O)OC(C)(C)C)c(C)n2)nn1. The number of amides is 1. The van der Waals surface area contributed by atoms with Crippen LogP contribution in [-0.4, -0.2) is 31.7 Å². The van der Waals surface area contributed by atoms with Gasteiger partial charge in [0.15, 0.2) is 0 Å². The van der Waals surface area contributed by atoms with Gasteiger partial charge in [0.2, 0.25) is 0 Å². The predicted molar refractivity (Wildman–Crippen MR) is 83.5 cm³/mol. The van der Waals surface area contributed by atoms with E-state index in [9.17, 15) is 4.79 Å². The van der Waals surface area contributed by atoms with E-state index in [-0.39, 0.29) is 0 Å². The highest BCUT2D eigenvalue weighted by Gasteiger charge is 2.17. The van der Waals surface area contributed by atoms with E-state index < -0.39 is 11.7 Å². The van der Waals surface area contributed by atoms with E-state index in [4.69, 9.17) is 4.74 Å². The fraction of sp³-hybridized carbons (Fsp3) is 0.467. The Kier molecular flexibility index (Phi) is 4.44. The van der Waals surface area contributed by atoms with Gasteiger partial charge in [-0.05, 0) is 46.8 Å². The number of pyridine rings is 1. The average Bonchev–Trinajstić information content (AvgIpc) is 2.87. The summed E-state index contributed by atoms with van der Waals surface area (Å²) in [6.45, 7) is 10.0. The summed E-state index contributed by atoms with van der Waals surface area (Å²) in [5.74, 6) is 0. The van der Waals surface area contributed by atoms with Crippen molar-refractivity contribution < 1.29 is 9.53 Å². The van der Waals surface area contributed by atoms with Crippen LogP contribution in [0.25, 0.3) is 11.4 Å². The molecule has 7 nitrogen and oxygen atoms in total. The Hall–Kier alpha value is -2.44. The molecule has 0 atom stereocenters. The minimum Gasteiger partial charge on any atom is -0.444 e. The molecule has 1 N–H and O–H groups in total. The van der Waals surface area contributed by atoms with Crippen molar-refractivity contribution in [3.8, 4) is 11.4 Å². The molecule has 0 radical (unpaired) electrons. The summed E-state index contributed by atoms with van der Waals surface area (Å²) >= 11 is 0. The highest BCUT2D eigenvalue weighted by Crippen LogP contribution is 2.20. The first-order valence-corrected chi connectivity index (χ1v) is 7.16. The second-order valence-corrected chi connectivity index (χ2v) is 5.92. The summed E-state index contributed by atoms with van der Waals surface area (Å²) in [7, 11) is 0. The lowest BCUT2D eigenvalue weighted by Gasteiger charge is -2.20. The van der Waals surface area contributed by atoms with Crippen LogP contribution in [0.3, 0.4) is 0 Å². The molecule has 0 fully saturated rings. The number of carbonyl (C=O) groups excluding carboxylic acids is 1. The van der Waals surface area contributed by atoms with E-state index in [0.29, 0.717) is 22.8 Å². The zero-order chi connectivity index (χ0) is 16.3. The number of hydrogen-bond donors (Lipinski definition) is 1. The number of aryl methyl sites for hydroxylation is 2. The Bertz CT molecular complexity index is 673. The zero-order valence-corrected chi connectivity index (χ0v) is 13.5. The Labute approximate surface area is 129 Å². The molecule has 2 aromatic rings. The number of ether oxygens (including phenoxy) is 1. The van der Waals surface area contributed by atoms with Crippen molar-refractivity contribution in [3.63, 3.8) is 0 Å². The van der Waals surface area contributed by atoms with Gasteiger partial charge in [-0.2, -0.15) is 0 Å². The smallest absolute Gasteiger partial charge is 0.412 e.